The van der Waals surface area contributed by atoms with Gasteiger partial charge < -0.3 is 19.5 Å². The van der Waals surface area contributed by atoms with Gasteiger partial charge in [0.25, 0.3) is 5.91 Å². The van der Waals surface area contributed by atoms with E-state index in [9.17, 15) is 4.79 Å². The summed E-state index contributed by atoms with van der Waals surface area (Å²) in [6.07, 6.45) is 0.842. The SMILES string of the molecule is CCCN(C(=O)c1ccc(-c2ccc(C#N)cc2)o1)c1ccc(N2CCNCC2)cc1. The third kappa shape index (κ3) is 4.62. The van der Waals surface area contributed by atoms with Crippen LogP contribution in [-0.4, -0.2) is 38.6 Å². The normalized spacial score (nSPS) is 13.6. The summed E-state index contributed by atoms with van der Waals surface area (Å²) in [5.74, 6) is 0.758. The fourth-order valence-electron chi connectivity index (χ4n) is 3.79. The summed E-state index contributed by atoms with van der Waals surface area (Å²) < 4.78 is 5.88. The minimum absolute atomic E-state index is 0.156. The van der Waals surface area contributed by atoms with Gasteiger partial charge in [-0.05, 0) is 67.1 Å². The van der Waals surface area contributed by atoms with Crippen LogP contribution in [0.1, 0.15) is 29.5 Å². The van der Waals surface area contributed by atoms with Crippen LogP contribution in [0.5, 0.6) is 0 Å². The molecule has 1 aromatic heterocycles. The van der Waals surface area contributed by atoms with Crippen molar-refractivity contribution in [2.75, 3.05) is 42.5 Å². The second kappa shape index (κ2) is 9.50. The van der Waals surface area contributed by atoms with Crippen molar-refractivity contribution >= 4 is 17.3 Å². The molecule has 0 saturated carbocycles. The first kappa shape index (κ1) is 20.7. The van der Waals surface area contributed by atoms with E-state index in [0.717, 1.165) is 43.9 Å². The molecule has 0 spiro atoms. The van der Waals surface area contributed by atoms with Gasteiger partial charge in [-0.3, -0.25) is 4.79 Å². The first-order valence-electron chi connectivity index (χ1n) is 10.7. The molecule has 1 N–H and O–H groups in total. The number of anilines is 2. The molecule has 6 heteroatoms. The lowest BCUT2D eigenvalue weighted by molar-refractivity contribution is 0.0961. The van der Waals surface area contributed by atoms with E-state index in [4.69, 9.17) is 9.68 Å². The van der Waals surface area contributed by atoms with Crippen molar-refractivity contribution in [3.05, 3.63) is 72.0 Å². The Hall–Kier alpha value is -3.56. The third-order valence-electron chi connectivity index (χ3n) is 5.45. The average molecular weight is 415 g/mol. The number of piperazine rings is 1. The van der Waals surface area contributed by atoms with Crippen LogP contribution in [-0.2, 0) is 0 Å². The predicted octanol–water partition coefficient (Wildman–Crippen LogP) is 4.28. The zero-order valence-electron chi connectivity index (χ0n) is 17.7. The number of benzene rings is 2. The molecular weight excluding hydrogens is 388 g/mol. The topological polar surface area (TPSA) is 72.5 Å². The van der Waals surface area contributed by atoms with E-state index >= 15 is 0 Å². The van der Waals surface area contributed by atoms with Crippen molar-refractivity contribution in [3.8, 4) is 17.4 Å². The van der Waals surface area contributed by atoms with E-state index in [0.29, 0.717) is 23.6 Å². The van der Waals surface area contributed by atoms with Gasteiger partial charge in [0, 0.05) is 49.7 Å². The molecule has 1 fully saturated rings. The summed E-state index contributed by atoms with van der Waals surface area (Å²) in [5, 5.41) is 12.3. The number of carbonyl (C=O) groups excluding carboxylic acids is 1. The van der Waals surface area contributed by atoms with Gasteiger partial charge in [-0.2, -0.15) is 5.26 Å². The van der Waals surface area contributed by atoms with Gasteiger partial charge in [0.1, 0.15) is 5.76 Å². The summed E-state index contributed by atoms with van der Waals surface area (Å²) in [6, 6.07) is 20.9. The average Bonchev–Trinajstić information content (AvgIpc) is 3.33. The van der Waals surface area contributed by atoms with Crippen molar-refractivity contribution in [1.82, 2.24) is 5.32 Å². The minimum Gasteiger partial charge on any atom is -0.451 e. The molecule has 2 aromatic carbocycles. The molecule has 1 saturated heterocycles. The highest BCUT2D eigenvalue weighted by Gasteiger charge is 2.21. The van der Waals surface area contributed by atoms with Crippen molar-refractivity contribution in [2.24, 2.45) is 0 Å². The Balaban J connectivity index is 1.53. The largest absolute Gasteiger partial charge is 0.451 e. The van der Waals surface area contributed by atoms with Crippen LogP contribution in [0.2, 0.25) is 0 Å². The lowest BCUT2D eigenvalue weighted by Gasteiger charge is -2.30. The highest BCUT2D eigenvalue weighted by molar-refractivity contribution is 6.04. The highest BCUT2D eigenvalue weighted by atomic mass is 16.4. The van der Waals surface area contributed by atoms with Gasteiger partial charge in [-0.15, -0.1) is 0 Å². The zero-order valence-corrected chi connectivity index (χ0v) is 17.7. The number of amides is 1. The predicted molar refractivity (Wildman–Crippen MR) is 122 cm³/mol. The molecular formula is C25H26N4O2. The molecule has 3 aromatic rings. The Morgan fingerprint density at radius 1 is 1.06 bits per heavy atom. The van der Waals surface area contributed by atoms with Crippen molar-refractivity contribution < 1.29 is 9.21 Å². The summed E-state index contributed by atoms with van der Waals surface area (Å²) in [7, 11) is 0. The van der Waals surface area contributed by atoms with E-state index < -0.39 is 0 Å². The van der Waals surface area contributed by atoms with Gasteiger partial charge in [0.2, 0.25) is 0 Å². The molecule has 2 heterocycles. The lowest BCUT2D eigenvalue weighted by Crippen LogP contribution is -2.43. The Bertz CT molecular complexity index is 1060. The quantitative estimate of drug-likeness (QED) is 0.652. The Labute approximate surface area is 182 Å². The van der Waals surface area contributed by atoms with Gasteiger partial charge in [0.15, 0.2) is 5.76 Å². The molecule has 0 aliphatic carbocycles. The maximum absolute atomic E-state index is 13.2. The second-order valence-corrected chi connectivity index (χ2v) is 7.56. The molecule has 1 amide bonds. The number of hydrogen-bond donors (Lipinski definition) is 1. The fourth-order valence-corrected chi connectivity index (χ4v) is 3.79. The minimum atomic E-state index is -0.156. The number of nitrogens with one attached hydrogen (secondary N) is 1. The van der Waals surface area contributed by atoms with E-state index in [1.807, 2.05) is 24.3 Å². The van der Waals surface area contributed by atoms with E-state index in [2.05, 4.69) is 35.3 Å². The third-order valence-corrected chi connectivity index (χ3v) is 5.45. The van der Waals surface area contributed by atoms with Crippen LogP contribution in [0.25, 0.3) is 11.3 Å². The Morgan fingerprint density at radius 2 is 1.77 bits per heavy atom. The Morgan fingerprint density at radius 3 is 2.42 bits per heavy atom. The summed E-state index contributed by atoms with van der Waals surface area (Å²) in [5.41, 5.74) is 3.46. The van der Waals surface area contributed by atoms with Crippen LogP contribution < -0.4 is 15.1 Å². The standard InChI is InChI=1S/C25H26N4O2/c1-2-15-29(22-9-7-21(8-10-22)28-16-13-27-14-17-28)25(30)24-12-11-23(31-24)20-5-3-19(18-26)4-6-20/h3-12,27H,2,13-17H2,1H3. The van der Waals surface area contributed by atoms with Gasteiger partial charge >= 0.3 is 0 Å². The van der Waals surface area contributed by atoms with Crippen LogP contribution in [0.15, 0.2) is 65.1 Å². The number of hydrogen-bond acceptors (Lipinski definition) is 5. The number of nitrogens with zero attached hydrogens (tertiary/aromatic N) is 3. The summed E-state index contributed by atoms with van der Waals surface area (Å²) in [6.45, 7) is 6.62. The maximum Gasteiger partial charge on any atom is 0.293 e. The highest BCUT2D eigenvalue weighted by Crippen LogP contribution is 2.26. The smallest absolute Gasteiger partial charge is 0.293 e. The van der Waals surface area contributed by atoms with Crippen molar-refractivity contribution in [1.29, 1.82) is 5.26 Å². The van der Waals surface area contributed by atoms with E-state index in [1.165, 1.54) is 5.69 Å². The van der Waals surface area contributed by atoms with Crippen LogP contribution >= 0.6 is 0 Å². The molecule has 0 bridgehead atoms. The lowest BCUT2D eigenvalue weighted by atomic mass is 10.1. The molecule has 6 nitrogen and oxygen atoms in total. The first-order valence-corrected chi connectivity index (χ1v) is 10.7. The first-order chi connectivity index (χ1) is 15.2. The molecule has 158 valence electrons. The zero-order chi connectivity index (χ0) is 21.6. The molecule has 0 atom stereocenters. The van der Waals surface area contributed by atoms with Crippen molar-refractivity contribution in [3.63, 3.8) is 0 Å². The van der Waals surface area contributed by atoms with Gasteiger partial charge in [-0.1, -0.05) is 6.92 Å². The molecule has 31 heavy (non-hydrogen) atoms. The molecule has 0 radical (unpaired) electrons. The van der Waals surface area contributed by atoms with Gasteiger partial charge in [-0.25, -0.2) is 0 Å². The van der Waals surface area contributed by atoms with Crippen LogP contribution in [0, 0.1) is 11.3 Å². The number of carbonyl (C=O) groups is 1. The second-order valence-electron chi connectivity index (χ2n) is 7.56. The van der Waals surface area contributed by atoms with E-state index in [1.54, 1.807) is 29.2 Å². The fraction of sp³-hybridized carbons (Fsp3) is 0.280. The monoisotopic (exact) mass is 414 g/mol. The number of nitriles is 1. The summed E-state index contributed by atoms with van der Waals surface area (Å²) in [4.78, 5) is 17.4. The van der Waals surface area contributed by atoms with Crippen molar-refractivity contribution in [2.45, 2.75) is 13.3 Å². The maximum atomic E-state index is 13.2. The van der Waals surface area contributed by atoms with Crippen LogP contribution in [0.3, 0.4) is 0 Å². The molecule has 1 aliphatic heterocycles. The molecule has 4 rings (SSSR count). The van der Waals surface area contributed by atoms with Gasteiger partial charge in [0.05, 0.1) is 11.6 Å². The Kier molecular flexibility index (Phi) is 6.34. The summed E-state index contributed by atoms with van der Waals surface area (Å²) >= 11 is 0. The molecule has 1 aliphatic rings. The number of furan rings is 1. The molecule has 0 unspecified atom stereocenters. The number of rotatable bonds is 6. The van der Waals surface area contributed by atoms with Crippen LogP contribution in [0.4, 0.5) is 11.4 Å². The van der Waals surface area contributed by atoms with E-state index in [-0.39, 0.29) is 5.91 Å².